The van der Waals surface area contributed by atoms with E-state index in [4.69, 9.17) is 20.0 Å². The summed E-state index contributed by atoms with van der Waals surface area (Å²) >= 11 is 2.30. The van der Waals surface area contributed by atoms with Gasteiger partial charge in [0.1, 0.15) is 23.2 Å². The van der Waals surface area contributed by atoms with Crippen LogP contribution in [0.3, 0.4) is 0 Å². The van der Waals surface area contributed by atoms with Crippen molar-refractivity contribution in [2.45, 2.75) is 76.1 Å². The van der Waals surface area contributed by atoms with Crippen molar-refractivity contribution in [1.82, 2.24) is 19.6 Å². The van der Waals surface area contributed by atoms with E-state index in [1.807, 2.05) is 6.92 Å². The molecule has 0 spiro atoms. The van der Waals surface area contributed by atoms with Crippen LogP contribution in [0.25, 0.3) is 0 Å². The van der Waals surface area contributed by atoms with Crippen molar-refractivity contribution in [3.8, 4) is 0 Å². The van der Waals surface area contributed by atoms with Gasteiger partial charge >= 0.3 is 11.9 Å². The number of nitrogens with zero attached hydrogens (tertiary/aromatic N) is 4. The molecular weight excluding hydrogens is 536 g/mol. The number of oxime groups is 1. The fourth-order valence-electron chi connectivity index (χ4n) is 3.99. The smallest absolute Gasteiger partial charge is 0.357 e. The monoisotopic (exact) mass is 566 g/mol. The van der Waals surface area contributed by atoms with Gasteiger partial charge in [0.25, 0.3) is 11.8 Å². The molecular formula is C23H30N6O7S2. The Balaban J connectivity index is 1.42. The number of hydrogen-bond donors (Lipinski definition) is 2. The number of hydrogen-bond acceptors (Lipinski definition) is 13. The van der Waals surface area contributed by atoms with E-state index in [2.05, 4.69) is 19.8 Å². The van der Waals surface area contributed by atoms with Gasteiger partial charge in [0.05, 0.1) is 5.41 Å². The molecule has 4 rings (SSSR count). The lowest BCUT2D eigenvalue weighted by Crippen LogP contribution is -2.71. The van der Waals surface area contributed by atoms with Crippen LogP contribution >= 0.6 is 23.3 Å². The van der Waals surface area contributed by atoms with E-state index < -0.39 is 47.4 Å². The van der Waals surface area contributed by atoms with Crippen molar-refractivity contribution >= 4 is 57.9 Å². The van der Waals surface area contributed by atoms with Crippen LogP contribution in [0.15, 0.2) is 16.9 Å². The van der Waals surface area contributed by atoms with Crippen LogP contribution in [-0.2, 0) is 33.5 Å². The minimum absolute atomic E-state index is 0.00487. The number of nitrogens with one attached hydrogen (secondary N) is 1. The lowest BCUT2D eigenvalue weighted by molar-refractivity contribution is -0.173. The Hall–Kier alpha value is -3.20. The van der Waals surface area contributed by atoms with Crippen molar-refractivity contribution in [2.24, 2.45) is 10.6 Å². The largest absolute Gasteiger partial charge is 0.427 e. The Morgan fingerprint density at radius 1 is 1.24 bits per heavy atom. The molecule has 2 amide bonds. The molecule has 206 valence electrons. The van der Waals surface area contributed by atoms with Crippen molar-refractivity contribution in [3.05, 3.63) is 17.6 Å². The highest BCUT2D eigenvalue weighted by molar-refractivity contribution is 8.00. The third-order valence-electron chi connectivity index (χ3n) is 6.00. The molecule has 2 unspecified atom stereocenters. The number of aromatic nitrogens is 2. The number of anilines is 1. The van der Waals surface area contributed by atoms with Gasteiger partial charge in [0.15, 0.2) is 5.13 Å². The third kappa shape index (κ3) is 6.09. The van der Waals surface area contributed by atoms with E-state index in [1.165, 1.54) is 16.7 Å². The summed E-state index contributed by atoms with van der Waals surface area (Å²) in [6.07, 6.45) is 5.19. The zero-order chi connectivity index (χ0) is 27.6. The predicted octanol–water partition coefficient (Wildman–Crippen LogP) is 1.55. The number of carbonyl (C=O) groups excluding carboxylic acids is 4. The molecule has 3 aliphatic rings. The van der Waals surface area contributed by atoms with Crippen LogP contribution in [-0.4, -0.2) is 73.3 Å². The van der Waals surface area contributed by atoms with Crippen LogP contribution in [0.1, 0.15) is 59.2 Å². The van der Waals surface area contributed by atoms with Crippen LogP contribution in [0.5, 0.6) is 0 Å². The van der Waals surface area contributed by atoms with Crippen molar-refractivity contribution in [3.63, 3.8) is 0 Å². The first-order valence-electron chi connectivity index (χ1n) is 12.1. The molecule has 1 aliphatic carbocycles. The van der Waals surface area contributed by atoms with E-state index in [0.717, 1.165) is 37.2 Å². The number of amides is 2. The fourth-order valence-corrected chi connectivity index (χ4v) is 5.76. The van der Waals surface area contributed by atoms with Gasteiger partial charge in [-0.25, -0.2) is 4.79 Å². The van der Waals surface area contributed by atoms with Crippen LogP contribution in [0.4, 0.5) is 5.13 Å². The van der Waals surface area contributed by atoms with E-state index in [9.17, 15) is 19.2 Å². The molecule has 1 aromatic heterocycles. The van der Waals surface area contributed by atoms with Gasteiger partial charge in [0, 0.05) is 16.8 Å². The third-order valence-corrected chi connectivity index (χ3v) is 7.87. The first kappa shape index (κ1) is 27.8. The summed E-state index contributed by atoms with van der Waals surface area (Å²) in [7, 11) is 0. The Bertz CT molecular complexity index is 1170. The number of rotatable bonds is 8. The molecule has 2 aliphatic heterocycles. The highest BCUT2D eigenvalue weighted by Crippen LogP contribution is 2.41. The summed E-state index contributed by atoms with van der Waals surface area (Å²) in [5.41, 5.74) is 4.78. The average molecular weight is 567 g/mol. The maximum absolute atomic E-state index is 13.2. The van der Waals surface area contributed by atoms with Crippen LogP contribution in [0.2, 0.25) is 0 Å². The van der Waals surface area contributed by atoms with E-state index in [0.29, 0.717) is 0 Å². The Kier molecular flexibility index (Phi) is 8.25. The second kappa shape index (κ2) is 11.3. The molecule has 0 bridgehead atoms. The minimum atomic E-state index is -0.933. The second-order valence-corrected chi connectivity index (χ2v) is 12.4. The van der Waals surface area contributed by atoms with Gasteiger partial charge in [-0.05, 0) is 59.5 Å². The number of nitrogens with two attached hydrogens (primary N) is 1. The Labute approximate surface area is 227 Å². The van der Waals surface area contributed by atoms with Crippen molar-refractivity contribution in [1.29, 1.82) is 0 Å². The number of β-lactam (4-membered cyclic amide) rings is 1. The molecule has 15 heteroatoms. The van der Waals surface area contributed by atoms with E-state index in [1.54, 1.807) is 26.8 Å². The molecule has 0 radical (unpaired) electrons. The SMILES string of the molecule is CC1C=C(C(=O)OCOC(=O)C(C)(C)C)N2C(=O)C(NC(=O)C(=NOC3CCCC3)c3nsc(N)n3)[C@@H]2S1. The number of ether oxygens (including phenoxy) is 2. The maximum atomic E-state index is 13.2. The Morgan fingerprint density at radius 3 is 2.58 bits per heavy atom. The van der Waals surface area contributed by atoms with Crippen LogP contribution < -0.4 is 11.1 Å². The first-order chi connectivity index (χ1) is 18.0. The summed E-state index contributed by atoms with van der Waals surface area (Å²) in [5.74, 6) is -2.53. The average Bonchev–Trinajstić information content (AvgIpc) is 3.53. The van der Waals surface area contributed by atoms with Gasteiger partial charge in [-0.1, -0.05) is 5.16 Å². The summed E-state index contributed by atoms with van der Waals surface area (Å²) in [5, 5.41) is 6.14. The number of thioether (sulfide) groups is 1. The quantitative estimate of drug-likeness (QED) is 0.153. The number of fused-ring (bicyclic) bond motifs is 1. The molecule has 0 aromatic carbocycles. The van der Waals surface area contributed by atoms with E-state index in [-0.39, 0.29) is 33.7 Å². The van der Waals surface area contributed by atoms with Gasteiger partial charge in [-0.15, -0.1) is 11.8 Å². The lowest BCUT2D eigenvalue weighted by atomic mass is 9.98. The molecule has 38 heavy (non-hydrogen) atoms. The number of nitrogen functional groups attached to an aromatic ring is 1. The van der Waals surface area contributed by atoms with Crippen molar-refractivity contribution < 1.29 is 33.5 Å². The lowest BCUT2D eigenvalue weighted by Gasteiger charge is -2.49. The van der Waals surface area contributed by atoms with Crippen molar-refractivity contribution in [2.75, 3.05) is 12.5 Å². The summed E-state index contributed by atoms with van der Waals surface area (Å²) in [6, 6.07) is -0.933. The normalized spacial score (nSPS) is 23.7. The molecule has 13 nitrogen and oxygen atoms in total. The van der Waals surface area contributed by atoms with Gasteiger partial charge in [-0.2, -0.15) is 9.36 Å². The predicted molar refractivity (Wildman–Crippen MR) is 138 cm³/mol. The van der Waals surface area contributed by atoms with Gasteiger partial charge in [-0.3, -0.25) is 19.3 Å². The second-order valence-electron chi connectivity index (χ2n) is 10.1. The molecule has 3 N–H and O–H groups in total. The molecule has 2 fully saturated rings. The first-order valence-corrected chi connectivity index (χ1v) is 13.9. The molecule has 1 aromatic rings. The van der Waals surface area contributed by atoms with Gasteiger partial charge < -0.3 is 25.4 Å². The topological polar surface area (TPSA) is 175 Å². The molecule has 1 saturated carbocycles. The summed E-state index contributed by atoms with van der Waals surface area (Å²) in [4.78, 5) is 61.7. The highest BCUT2D eigenvalue weighted by atomic mass is 32.2. The summed E-state index contributed by atoms with van der Waals surface area (Å²) < 4.78 is 14.1. The number of carbonyl (C=O) groups is 4. The highest BCUT2D eigenvalue weighted by Gasteiger charge is 2.54. The standard InChI is InChI=1S/C23H30N6O7S2/c1-11-9-13(20(32)34-10-35-21(33)23(2,3)4)29-18(31)15(19(29)37-11)25-17(30)14(16-26-22(24)38-28-16)27-36-12-7-5-6-8-12/h9,11-12,15,19H,5-8,10H2,1-4H3,(H,25,30)(H2,24,26,28)/t11?,15?,19-/m0/s1. The zero-order valence-electron chi connectivity index (χ0n) is 21.5. The fraction of sp³-hybridized carbons (Fsp3) is 0.609. The van der Waals surface area contributed by atoms with Crippen LogP contribution in [0, 0.1) is 5.41 Å². The minimum Gasteiger partial charge on any atom is -0.427 e. The zero-order valence-corrected chi connectivity index (χ0v) is 23.1. The number of esters is 2. The summed E-state index contributed by atoms with van der Waals surface area (Å²) in [6.45, 7) is 6.29. The maximum Gasteiger partial charge on any atom is 0.357 e. The van der Waals surface area contributed by atoms with Gasteiger partial charge in [0.2, 0.25) is 18.3 Å². The van der Waals surface area contributed by atoms with E-state index >= 15 is 0 Å². The Morgan fingerprint density at radius 2 is 1.95 bits per heavy atom. The molecule has 3 atom stereocenters. The molecule has 3 heterocycles. The molecule has 1 saturated heterocycles.